The fourth-order valence-electron chi connectivity index (χ4n) is 4.77. The summed E-state index contributed by atoms with van der Waals surface area (Å²) in [5.41, 5.74) is 0.938. The van der Waals surface area contributed by atoms with E-state index in [1.807, 2.05) is 18.2 Å². The lowest BCUT2D eigenvalue weighted by Gasteiger charge is -2.15. The van der Waals surface area contributed by atoms with E-state index in [1.54, 1.807) is 20.3 Å². The molecule has 1 saturated carbocycles. The summed E-state index contributed by atoms with van der Waals surface area (Å²) in [5.74, 6) is 2.18. The molecule has 0 aliphatic heterocycles. The fraction of sp³-hybridized carbons (Fsp3) is 0.655. The number of methoxy groups -OCH3 is 2. The lowest BCUT2D eigenvalue weighted by Crippen LogP contribution is -2.22. The van der Waals surface area contributed by atoms with Crippen molar-refractivity contribution < 1.29 is 24.2 Å². The Hall–Kier alpha value is -2.34. The van der Waals surface area contributed by atoms with Crippen molar-refractivity contribution >= 4 is 11.7 Å². The van der Waals surface area contributed by atoms with Gasteiger partial charge in [0.05, 0.1) is 20.3 Å². The highest BCUT2D eigenvalue weighted by Crippen LogP contribution is 2.34. The molecule has 196 valence electrons. The number of hydrogen-bond donors (Lipinski definition) is 2. The maximum absolute atomic E-state index is 12.4. The van der Waals surface area contributed by atoms with Gasteiger partial charge >= 0.3 is 0 Å². The van der Waals surface area contributed by atoms with Gasteiger partial charge in [-0.15, -0.1) is 0 Å². The Balaban J connectivity index is 1.62. The molecule has 35 heavy (non-hydrogen) atoms. The van der Waals surface area contributed by atoms with Crippen molar-refractivity contribution in [2.45, 2.75) is 96.6 Å². The normalized spacial score (nSPS) is 18.7. The molecular formula is C29H45NO5. The highest BCUT2D eigenvalue weighted by Gasteiger charge is 2.32. The number of nitrogens with one attached hydrogen (secondary N) is 1. The number of benzene rings is 1. The van der Waals surface area contributed by atoms with Gasteiger partial charge in [-0.05, 0) is 49.3 Å². The molecule has 1 aromatic rings. The number of ketones is 1. The van der Waals surface area contributed by atoms with E-state index in [0.717, 1.165) is 69.8 Å². The van der Waals surface area contributed by atoms with Gasteiger partial charge in [0, 0.05) is 31.4 Å². The van der Waals surface area contributed by atoms with Crippen molar-refractivity contribution in [2.75, 3.05) is 14.2 Å². The third kappa shape index (κ3) is 10.9. The van der Waals surface area contributed by atoms with Gasteiger partial charge in [-0.2, -0.15) is 0 Å². The van der Waals surface area contributed by atoms with Gasteiger partial charge in [-0.1, -0.05) is 57.6 Å². The summed E-state index contributed by atoms with van der Waals surface area (Å²) in [6, 6.07) is 5.59. The van der Waals surface area contributed by atoms with Crippen LogP contribution in [0.15, 0.2) is 30.4 Å². The van der Waals surface area contributed by atoms with Crippen LogP contribution in [0.4, 0.5) is 0 Å². The van der Waals surface area contributed by atoms with E-state index in [1.165, 1.54) is 0 Å². The number of amides is 1. The minimum Gasteiger partial charge on any atom is -0.497 e. The largest absolute Gasteiger partial charge is 0.497 e. The average molecular weight is 488 g/mol. The minimum atomic E-state index is -0.394. The number of aliphatic hydroxyl groups is 1. The van der Waals surface area contributed by atoms with Gasteiger partial charge in [-0.25, -0.2) is 0 Å². The number of unbranched alkanes of at least 4 members (excludes halogenated alkanes) is 5. The highest BCUT2D eigenvalue weighted by molar-refractivity contribution is 5.83. The molecule has 6 heteroatoms. The first-order valence-electron chi connectivity index (χ1n) is 13.3. The molecule has 6 nitrogen and oxygen atoms in total. The van der Waals surface area contributed by atoms with Gasteiger partial charge in [0.1, 0.15) is 17.3 Å². The quantitative estimate of drug-likeness (QED) is 0.216. The van der Waals surface area contributed by atoms with Crippen LogP contribution in [0.2, 0.25) is 0 Å². The Kier molecular flexibility index (Phi) is 13.5. The van der Waals surface area contributed by atoms with Crippen molar-refractivity contribution in [1.29, 1.82) is 0 Å². The van der Waals surface area contributed by atoms with E-state index in [4.69, 9.17) is 9.47 Å². The molecule has 1 aliphatic carbocycles. The van der Waals surface area contributed by atoms with E-state index in [0.29, 0.717) is 36.7 Å². The third-order valence-corrected chi connectivity index (χ3v) is 6.91. The van der Waals surface area contributed by atoms with Gasteiger partial charge in [0.15, 0.2) is 0 Å². The molecule has 2 rings (SSSR count). The molecule has 0 unspecified atom stereocenters. The summed E-state index contributed by atoms with van der Waals surface area (Å²) in [6.07, 6.45) is 14.6. The van der Waals surface area contributed by atoms with Crippen LogP contribution in [0, 0.1) is 11.8 Å². The Morgan fingerprint density at radius 2 is 1.80 bits per heavy atom. The molecule has 2 N–H and O–H groups in total. The number of allylic oxidation sites excluding steroid dienone is 1. The van der Waals surface area contributed by atoms with Crippen LogP contribution in [0.5, 0.6) is 11.5 Å². The second-order valence-electron chi connectivity index (χ2n) is 9.67. The molecule has 0 radical (unpaired) electrons. The summed E-state index contributed by atoms with van der Waals surface area (Å²) in [7, 11) is 3.22. The maximum Gasteiger partial charge on any atom is 0.220 e. The fourth-order valence-corrected chi connectivity index (χ4v) is 4.77. The average Bonchev–Trinajstić information content (AvgIpc) is 3.22. The van der Waals surface area contributed by atoms with Gasteiger partial charge in [0.25, 0.3) is 0 Å². The number of ether oxygens (including phenoxy) is 2. The van der Waals surface area contributed by atoms with Crippen LogP contribution in [0.25, 0.3) is 0 Å². The lowest BCUT2D eigenvalue weighted by molar-refractivity contribution is -0.122. The summed E-state index contributed by atoms with van der Waals surface area (Å²) in [4.78, 5) is 24.6. The SMILES string of the molecule is CCCCC[C@H](O)C=C[C@H]1CCC(=O)[C@@H]1CCCCCCC(=O)NCc1cc(OC)cc(OC)c1. The Morgan fingerprint density at radius 1 is 1.09 bits per heavy atom. The molecule has 0 heterocycles. The summed E-state index contributed by atoms with van der Waals surface area (Å²) >= 11 is 0. The number of aliphatic hydroxyl groups excluding tert-OH is 1. The molecule has 1 aliphatic rings. The number of hydrogen-bond acceptors (Lipinski definition) is 5. The zero-order valence-corrected chi connectivity index (χ0v) is 21.9. The first-order chi connectivity index (χ1) is 17.0. The molecule has 1 amide bonds. The number of rotatable bonds is 17. The van der Waals surface area contributed by atoms with Crippen molar-refractivity contribution in [3.8, 4) is 11.5 Å². The Labute approximate surface area is 211 Å². The van der Waals surface area contributed by atoms with Crippen molar-refractivity contribution in [3.63, 3.8) is 0 Å². The van der Waals surface area contributed by atoms with Crippen LogP contribution in [0.1, 0.15) is 89.5 Å². The van der Waals surface area contributed by atoms with Crippen LogP contribution in [-0.2, 0) is 16.1 Å². The van der Waals surface area contributed by atoms with E-state index in [2.05, 4.69) is 18.3 Å². The monoisotopic (exact) mass is 487 g/mol. The smallest absolute Gasteiger partial charge is 0.220 e. The predicted octanol–water partition coefficient (Wildman–Crippen LogP) is 5.75. The Morgan fingerprint density at radius 3 is 2.49 bits per heavy atom. The van der Waals surface area contributed by atoms with Crippen LogP contribution in [0.3, 0.4) is 0 Å². The van der Waals surface area contributed by atoms with Crippen LogP contribution >= 0.6 is 0 Å². The minimum absolute atomic E-state index is 0.0421. The van der Waals surface area contributed by atoms with Crippen molar-refractivity contribution in [3.05, 3.63) is 35.9 Å². The van der Waals surface area contributed by atoms with E-state index >= 15 is 0 Å². The second kappa shape index (κ2) is 16.4. The molecule has 1 aromatic carbocycles. The topological polar surface area (TPSA) is 84.9 Å². The maximum atomic E-state index is 12.4. The molecule has 0 spiro atoms. The van der Waals surface area contributed by atoms with Crippen molar-refractivity contribution in [2.24, 2.45) is 11.8 Å². The molecular weight excluding hydrogens is 442 g/mol. The van der Waals surface area contributed by atoms with Crippen LogP contribution in [-0.4, -0.2) is 37.1 Å². The summed E-state index contributed by atoms with van der Waals surface area (Å²) < 4.78 is 10.5. The van der Waals surface area contributed by atoms with E-state index < -0.39 is 6.10 Å². The molecule has 3 atom stereocenters. The lowest BCUT2D eigenvalue weighted by atomic mass is 9.89. The molecule has 1 fully saturated rings. The Bertz CT molecular complexity index is 784. The number of carbonyl (C=O) groups excluding carboxylic acids is 2. The molecule has 0 saturated heterocycles. The van der Waals surface area contributed by atoms with Crippen molar-refractivity contribution in [1.82, 2.24) is 5.32 Å². The van der Waals surface area contributed by atoms with Gasteiger partial charge in [-0.3, -0.25) is 9.59 Å². The first kappa shape index (κ1) is 28.9. The molecule has 0 bridgehead atoms. The first-order valence-corrected chi connectivity index (χ1v) is 13.3. The second-order valence-corrected chi connectivity index (χ2v) is 9.67. The number of Topliss-reactive ketones (excluding diaryl/α,β-unsaturated/α-hetero) is 1. The third-order valence-electron chi connectivity index (χ3n) is 6.91. The molecule has 0 aromatic heterocycles. The standard InChI is InChI=1S/C29H45NO5/c1-4-5-8-11-24(31)16-14-23-15-17-28(32)27(23)12-9-6-7-10-13-29(33)30-21-22-18-25(34-2)20-26(19-22)35-3/h14,16,18-20,23-24,27,31H,4-13,15,17,21H2,1-3H3,(H,30,33)/t23-,24-,27+/m0/s1. The zero-order valence-electron chi connectivity index (χ0n) is 21.9. The highest BCUT2D eigenvalue weighted by atomic mass is 16.5. The summed E-state index contributed by atoms with van der Waals surface area (Å²) in [5, 5.41) is 13.1. The van der Waals surface area contributed by atoms with E-state index in [9.17, 15) is 14.7 Å². The summed E-state index contributed by atoms with van der Waals surface area (Å²) in [6.45, 7) is 2.60. The van der Waals surface area contributed by atoms with Gasteiger partial charge < -0.3 is 19.9 Å². The van der Waals surface area contributed by atoms with Gasteiger partial charge in [0.2, 0.25) is 5.91 Å². The van der Waals surface area contributed by atoms with Crippen LogP contribution < -0.4 is 14.8 Å². The predicted molar refractivity (Wildman–Crippen MR) is 140 cm³/mol. The van der Waals surface area contributed by atoms with E-state index in [-0.39, 0.29) is 17.7 Å². The zero-order chi connectivity index (χ0) is 25.5. The number of carbonyl (C=O) groups is 2.